The van der Waals surface area contributed by atoms with Gasteiger partial charge in [0.1, 0.15) is 17.5 Å². The highest BCUT2D eigenvalue weighted by Gasteiger charge is 2.35. The highest BCUT2D eigenvalue weighted by Crippen LogP contribution is 2.45. The van der Waals surface area contributed by atoms with Gasteiger partial charge in [-0.15, -0.1) is 11.3 Å². The summed E-state index contributed by atoms with van der Waals surface area (Å²) in [5.74, 6) is 4.41. The van der Waals surface area contributed by atoms with Crippen LogP contribution in [-0.2, 0) is 5.41 Å². The quantitative estimate of drug-likeness (QED) is 0.243. The van der Waals surface area contributed by atoms with E-state index in [-0.39, 0.29) is 5.41 Å². The Labute approximate surface area is 227 Å². The predicted molar refractivity (Wildman–Crippen MR) is 152 cm³/mol. The van der Waals surface area contributed by atoms with Gasteiger partial charge in [0.25, 0.3) is 0 Å². The third kappa shape index (κ3) is 4.74. The molecule has 6 rings (SSSR count). The topological polar surface area (TPSA) is 77.3 Å². The molecule has 190 valence electrons. The molecule has 38 heavy (non-hydrogen) atoms. The summed E-state index contributed by atoms with van der Waals surface area (Å²) >= 11 is 1.64. The van der Waals surface area contributed by atoms with E-state index in [2.05, 4.69) is 73.5 Å². The molecular formula is C31H30N6S. The second-order valence-electron chi connectivity index (χ2n) is 10.1. The Morgan fingerprint density at radius 3 is 1.58 bits per heavy atom. The fourth-order valence-corrected chi connectivity index (χ4v) is 6.31. The van der Waals surface area contributed by atoms with Crippen LogP contribution in [0.15, 0.2) is 66.0 Å². The van der Waals surface area contributed by atoms with E-state index in [1.807, 2.05) is 38.3 Å². The molecule has 1 saturated carbocycles. The van der Waals surface area contributed by atoms with E-state index < -0.39 is 0 Å². The van der Waals surface area contributed by atoms with Gasteiger partial charge in [-0.25, -0.2) is 29.9 Å². The molecule has 0 atom stereocenters. The van der Waals surface area contributed by atoms with Gasteiger partial charge in [-0.2, -0.15) is 0 Å². The molecule has 2 aromatic carbocycles. The van der Waals surface area contributed by atoms with Crippen LogP contribution in [0.2, 0.25) is 0 Å². The van der Waals surface area contributed by atoms with E-state index in [0.717, 1.165) is 63.8 Å². The van der Waals surface area contributed by atoms with E-state index in [9.17, 15) is 0 Å². The molecule has 1 aliphatic carbocycles. The Balaban J connectivity index is 1.34. The van der Waals surface area contributed by atoms with E-state index in [1.165, 1.54) is 30.4 Å². The summed E-state index contributed by atoms with van der Waals surface area (Å²) in [5.41, 5.74) is 4.74. The van der Waals surface area contributed by atoms with Crippen LogP contribution in [-0.4, -0.2) is 29.9 Å². The van der Waals surface area contributed by atoms with E-state index in [4.69, 9.17) is 4.98 Å². The van der Waals surface area contributed by atoms with Crippen LogP contribution in [0.4, 0.5) is 0 Å². The Bertz CT molecular complexity index is 1530. The Morgan fingerprint density at radius 1 is 0.553 bits per heavy atom. The number of rotatable bonds is 5. The molecule has 3 heterocycles. The zero-order chi connectivity index (χ0) is 26.1. The summed E-state index contributed by atoms with van der Waals surface area (Å²) in [6.45, 7) is 5.75. The number of aryl methyl sites for hydroxylation is 3. The maximum Gasteiger partial charge on any atom is 0.173 e. The van der Waals surface area contributed by atoms with Crippen molar-refractivity contribution in [3.05, 3.63) is 94.6 Å². The molecule has 0 radical (unpaired) electrons. The second kappa shape index (κ2) is 10.1. The third-order valence-corrected chi connectivity index (χ3v) is 8.31. The lowest BCUT2D eigenvalue weighted by atomic mass is 9.65. The average molecular weight is 519 g/mol. The number of nitrogens with zero attached hydrogens (tertiary/aromatic N) is 6. The molecule has 0 spiro atoms. The van der Waals surface area contributed by atoms with Crippen molar-refractivity contribution in [2.24, 2.45) is 0 Å². The SMILES string of the molecule is Cc1nc(C)nc(-c2ccc(C3(c4ccc(-c5nc(C)nc(-c6cccs6)n5)cc4)CCCCC3)cc2)n1. The summed E-state index contributed by atoms with van der Waals surface area (Å²) < 4.78 is 0. The Morgan fingerprint density at radius 2 is 1.05 bits per heavy atom. The van der Waals surface area contributed by atoms with Crippen molar-refractivity contribution in [2.75, 3.05) is 0 Å². The number of hydrogen-bond donors (Lipinski definition) is 0. The van der Waals surface area contributed by atoms with Crippen LogP contribution in [0, 0.1) is 20.8 Å². The number of benzene rings is 2. The average Bonchev–Trinajstić information content (AvgIpc) is 3.48. The van der Waals surface area contributed by atoms with Gasteiger partial charge in [0, 0.05) is 16.5 Å². The first kappa shape index (κ1) is 24.5. The zero-order valence-electron chi connectivity index (χ0n) is 22.0. The number of thiophene rings is 1. The van der Waals surface area contributed by atoms with E-state index >= 15 is 0 Å². The van der Waals surface area contributed by atoms with Gasteiger partial charge in [-0.3, -0.25) is 0 Å². The minimum atomic E-state index is -0.00259. The van der Waals surface area contributed by atoms with Gasteiger partial charge < -0.3 is 0 Å². The zero-order valence-corrected chi connectivity index (χ0v) is 22.8. The Hall–Kier alpha value is -3.84. The van der Waals surface area contributed by atoms with E-state index in [1.54, 1.807) is 11.3 Å². The molecule has 0 amide bonds. The molecule has 1 fully saturated rings. The highest BCUT2D eigenvalue weighted by molar-refractivity contribution is 7.13. The molecule has 3 aromatic heterocycles. The molecule has 1 aliphatic rings. The minimum absolute atomic E-state index is 0.00259. The molecule has 6 nitrogen and oxygen atoms in total. The molecule has 7 heteroatoms. The van der Waals surface area contributed by atoms with Crippen molar-refractivity contribution in [2.45, 2.75) is 58.3 Å². The van der Waals surface area contributed by atoms with Crippen molar-refractivity contribution < 1.29 is 0 Å². The molecule has 5 aromatic rings. The van der Waals surface area contributed by atoms with Gasteiger partial charge in [-0.1, -0.05) is 73.9 Å². The molecule has 0 aliphatic heterocycles. The lowest BCUT2D eigenvalue weighted by molar-refractivity contribution is 0.346. The number of aromatic nitrogens is 6. The van der Waals surface area contributed by atoms with Gasteiger partial charge in [0.05, 0.1) is 4.88 Å². The van der Waals surface area contributed by atoms with Crippen molar-refractivity contribution in [1.82, 2.24) is 29.9 Å². The van der Waals surface area contributed by atoms with Crippen LogP contribution < -0.4 is 0 Å². The van der Waals surface area contributed by atoms with Crippen molar-refractivity contribution in [1.29, 1.82) is 0 Å². The van der Waals surface area contributed by atoms with Crippen LogP contribution in [0.25, 0.3) is 33.5 Å². The normalized spacial score (nSPS) is 14.9. The van der Waals surface area contributed by atoms with Crippen molar-refractivity contribution in [3.63, 3.8) is 0 Å². The predicted octanol–water partition coefficient (Wildman–Crippen LogP) is 7.29. The van der Waals surface area contributed by atoms with E-state index in [0.29, 0.717) is 0 Å². The van der Waals surface area contributed by atoms with Gasteiger partial charge in [0.15, 0.2) is 17.5 Å². The molecule has 0 bridgehead atoms. The fraction of sp³-hybridized carbons (Fsp3) is 0.290. The molecule has 0 saturated heterocycles. The standard InChI is InChI=1S/C31H30N6S/c1-20-32-21(2)34-28(33-20)23-9-13-25(14-10-23)31(17-5-4-6-18-31)26-15-11-24(12-16-26)29-35-22(3)36-30(37-29)27-8-7-19-38-27/h7-16,19H,4-6,17-18H2,1-3H3. The van der Waals surface area contributed by atoms with Crippen LogP contribution in [0.5, 0.6) is 0 Å². The summed E-state index contributed by atoms with van der Waals surface area (Å²) in [4.78, 5) is 28.5. The monoisotopic (exact) mass is 518 g/mol. The summed E-state index contributed by atoms with van der Waals surface area (Å²) in [5, 5.41) is 2.05. The highest BCUT2D eigenvalue weighted by atomic mass is 32.1. The van der Waals surface area contributed by atoms with Crippen LogP contribution in [0.1, 0.15) is 60.7 Å². The van der Waals surface area contributed by atoms with Gasteiger partial charge >= 0.3 is 0 Å². The lowest BCUT2D eigenvalue weighted by Gasteiger charge is -2.39. The van der Waals surface area contributed by atoms with Crippen LogP contribution in [0.3, 0.4) is 0 Å². The largest absolute Gasteiger partial charge is 0.219 e. The molecular weight excluding hydrogens is 488 g/mol. The van der Waals surface area contributed by atoms with Gasteiger partial charge in [0.2, 0.25) is 0 Å². The summed E-state index contributed by atoms with van der Waals surface area (Å²) in [6, 6.07) is 21.8. The Kier molecular flexibility index (Phi) is 6.54. The third-order valence-electron chi connectivity index (χ3n) is 7.45. The first-order valence-electron chi connectivity index (χ1n) is 13.2. The maximum absolute atomic E-state index is 4.79. The molecule has 0 N–H and O–H groups in total. The lowest BCUT2D eigenvalue weighted by Crippen LogP contribution is -2.30. The number of hydrogen-bond acceptors (Lipinski definition) is 7. The van der Waals surface area contributed by atoms with Crippen molar-refractivity contribution in [3.8, 4) is 33.5 Å². The first-order chi connectivity index (χ1) is 18.5. The first-order valence-corrected chi connectivity index (χ1v) is 14.1. The second-order valence-corrected chi connectivity index (χ2v) is 11.0. The van der Waals surface area contributed by atoms with Gasteiger partial charge in [-0.05, 0) is 56.2 Å². The summed E-state index contributed by atoms with van der Waals surface area (Å²) in [7, 11) is 0. The maximum atomic E-state index is 4.79. The smallest absolute Gasteiger partial charge is 0.173 e. The van der Waals surface area contributed by atoms with Crippen LogP contribution >= 0.6 is 11.3 Å². The summed E-state index contributed by atoms with van der Waals surface area (Å²) in [6.07, 6.45) is 6.03. The van der Waals surface area contributed by atoms with Crippen molar-refractivity contribution >= 4 is 11.3 Å². The molecule has 0 unspecified atom stereocenters. The fourth-order valence-electron chi connectivity index (χ4n) is 5.65. The minimum Gasteiger partial charge on any atom is -0.219 e.